The van der Waals surface area contributed by atoms with E-state index in [0.717, 1.165) is 13.0 Å². The fourth-order valence-corrected chi connectivity index (χ4v) is 1.91. The van der Waals surface area contributed by atoms with Crippen molar-refractivity contribution < 1.29 is 18.7 Å². The van der Waals surface area contributed by atoms with Crippen LogP contribution in [0.2, 0.25) is 0 Å². The summed E-state index contributed by atoms with van der Waals surface area (Å²) >= 11 is 0. The molecule has 0 aromatic heterocycles. The highest BCUT2D eigenvalue weighted by Crippen LogP contribution is 2.30. The third kappa shape index (κ3) is 2.05. The number of ether oxygens (including phenoxy) is 2. The summed E-state index contributed by atoms with van der Waals surface area (Å²) in [5, 5.41) is 0. The lowest BCUT2D eigenvalue weighted by atomic mass is 10.0. The van der Waals surface area contributed by atoms with Crippen LogP contribution in [0.15, 0.2) is 18.2 Å². The van der Waals surface area contributed by atoms with Crippen molar-refractivity contribution in [2.75, 3.05) is 25.7 Å². The average Bonchev–Trinajstić information content (AvgIpc) is 2.27. The van der Waals surface area contributed by atoms with E-state index in [1.807, 2.05) is 4.90 Å². The summed E-state index contributed by atoms with van der Waals surface area (Å²) in [5.74, 6) is -0.517. The average molecular weight is 239 g/mol. The second-order valence-electron chi connectivity index (χ2n) is 3.84. The number of halogens is 1. The predicted octanol–water partition coefficient (Wildman–Crippen LogP) is 1.59. The molecule has 1 aliphatic rings. The Bertz CT molecular complexity index is 436. The van der Waals surface area contributed by atoms with Crippen LogP contribution in [0.3, 0.4) is 0 Å². The van der Waals surface area contributed by atoms with Crippen LogP contribution in [-0.4, -0.2) is 32.8 Å². The fraction of sp³-hybridized carbons (Fsp3) is 0.417. The minimum atomic E-state index is -0.430. The molecule has 1 aromatic carbocycles. The third-order valence-electron chi connectivity index (χ3n) is 2.96. The van der Waals surface area contributed by atoms with Gasteiger partial charge in [-0.3, -0.25) is 0 Å². The van der Waals surface area contributed by atoms with Crippen LogP contribution in [0, 0.1) is 5.82 Å². The van der Waals surface area contributed by atoms with Crippen LogP contribution in [0.5, 0.6) is 5.75 Å². The SMILES string of the molecule is COC(=O)C1CCN1c1ccc(OC)c(F)c1. The van der Waals surface area contributed by atoms with Crippen LogP contribution < -0.4 is 9.64 Å². The molecule has 1 unspecified atom stereocenters. The van der Waals surface area contributed by atoms with Crippen LogP contribution in [0.25, 0.3) is 0 Å². The number of nitrogens with zero attached hydrogens (tertiary/aromatic N) is 1. The lowest BCUT2D eigenvalue weighted by Crippen LogP contribution is -2.53. The lowest BCUT2D eigenvalue weighted by Gasteiger charge is -2.40. The molecular formula is C12H14FNO3. The van der Waals surface area contributed by atoms with E-state index in [4.69, 9.17) is 4.74 Å². The molecule has 17 heavy (non-hydrogen) atoms. The molecule has 4 nitrogen and oxygen atoms in total. The van der Waals surface area contributed by atoms with Gasteiger partial charge in [-0.2, -0.15) is 0 Å². The Hall–Kier alpha value is -1.78. The van der Waals surface area contributed by atoms with Gasteiger partial charge in [0.25, 0.3) is 0 Å². The van der Waals surface area contributed by atoms with Crippen molar-refractivity contribution in [2.24, 2.45) is 0 Å². The highest BCUT2D eigenvalue weighted by molar-refractivity contribution is 5.82. The van der Waals surface area contributed by atoms with Crippen molar-refractivity contribution in [3.05, 3.63) is 24.0 Å². The van der Waals surface area contributed by atoms with E-state index < -0.39 is 5.82 Å². The molecule has 0 amide bonds. The first-order valence-corrected chi connectivity index (χ1v) is 5.35. The Labute approximate surface area is 98.9 Å². The second kappa shape index (κ2) is 4.61. The molecule has 0 saturated carbocycles. The first-order valence-electron chi connectivity index (χ1n) is 5.35. The van der Waals surface area contributed by atoms with E-state index in [1.54, 1.807) is 12.1 Å². The molecule has 5 heteroatoms. The molecule has 1 atom stereocenters. The van der Waals surface area contributed by atoms with Gasteiger partial charge in [0, 0.05) is 18.3 Å². The van der Waals surface area contributed by atoms with Crippen LogP contribution in [-0.2, 0) is 9.53 Å². The highest BCUT2D eigenvalue weighted by Gasteiger charge is 2.35. The monoisotopic (exact) mass is 239 g/mol. The molecule has 0 bridgehead atoms. The largest absolute Gasteiger partial charge is 0.494 e. The maximum atomic E-state index is 13.5. The number of rotatable bonds is 3. The van der Waals surface area contributed by atoms with Gasteiger partial charge < -0.3 is 14.4 Å². The van der Waals surface area contributed by atoms with Crippen LogP contribution in [0.4, 0.5) is 10.1 Å². The van der Waals surface area contributed by atoms with Gasteiger partial charge in [0.15, 0.2) is 11.6 Å². The van der Waals surface area contributed by atoms with Gasteiger partial charge in [-0.05, 0) is 18.6 Å². The molecule has 0 spiro atoms. The molecular weight excluding hydrogens is 225 g/mol. The molecule has 1 aromatic rings. The summed E-state index contributed by atoms with van der Waals surface area (Å²) < 4.78 is 23.0. The summed E-state index contributed by atoms with van der Waals surface area (Å²) in [4.78, 5) is 13.2. The molecule has 0 radical (unpaired) electrons. The topological polar surface area (TPSA) is 38.8 Å². The van der Waals surface area contributed by atoms with Gasteiger partial charge in [0.2, 0.25) is 0 Å². The van der Waals surface area contributed by atoms with Crippen molar-refractivity contribution in [3.8, 4) is 5.75 Å². The number of benzene rings is 1. The molecule has 0 aliphatic carbocycles. The predicted molar refractivity (Wildman–Crippen MR) is 60.7 cm³/mol. The normalized spacial score (nSPS) is 18.5. The molecule has 1 heterocycles. The van der Waals surface area contributed by atoms with E-state index >= 15 is 0 Å². The molecule has 92 valence electrons. The zero-order valence-corrected chi connectivity index (χ0v) is 9.77. The van der Waals surface area contributed by atoms with Crippen molar-refractivity contribution >= 4 is 11.7 Å². The lowest BCUT2D eigenvalue weighted by molar-refractivity contribution is -0.143. The van der Waals surface area contributed by atoms with Gasteiger partial charge >= 0.3 is 5.97 Å². The first kappa shape index (κ1) is 11.7. The number of anilines is 1. The molecule has 2 rings (SSSR count). The molecule has 0 N–H and O–H groups in total. The molecule has 1 saturated heterocycles. The van der Waals surface area contributed by atoms with E-state index in [2.05, 4.69) is 4.74 Å². The van der Waals surface area contributed by atoms with Gasteiger partial charge in [-0.1, -0.05) is 0 Å². The summed E-state index contributed by atoms with van der Waals surface area (Å²) in [6.45, 7) is 0.728. The minimum Gasteiger partial charge on any atom is -0.494 e. The summed E-state index contributed by atoms with van der Waals surface area (Å²) in [6, 6.07) is 4.36. The summed E-state index contributed by atoms with van der Waals surface area (Å²) in [6.07, 6.45) is 0.736. The zero-order valence-electron chi connectivity index (χ0n) is 9.77. The smallest absolute Gasteiger partial charge is 0.328 e. The Morgan fingerprint density at radius 3 is 2.71 bits per heavy atom. The van der Waals surface area contributed by atoms with E-state index in [0.29, 0.717) is 5.69 Å². The first-order chi connectivity index (χ1) is 8.17. The number of methoxy groups -OCH3 is 2. The second-order valence-corrected chi connectivity index (χ2v) is 3.84. The third-order valence-corrected chi connectivity index (χ3v) is 2.96. The highest BCUT2D eigenvalue weighted by atomic mass is 19.1. The van der Waals surface area contributed by atoms with Crippen LogP contribution >= 0.6 is 0 Å². The Kier molecular flexibility index (Phi) is 3.17. The number of hydrogen-bond acceptors (Lipinski definition) is 4. The van der Waals surface area contributed by atoms with Crippen molar-refractivity contribution in [1.82, 2.24) is 0 Å². The van der Waals surface area contributed by atoms with E-state index in [-0.39, 0.29) is 17.8 Å². The molecule has 1 fully saturated rings. The maximum absolute atomic E-state index is 13.5. The van der Waals surface area contributed by atoms with Gasteiger partial charge in [0.05, 0.1) is 14.2 Å². The Morgan fingerprint density at radius 1 is 1.47 bits per heavy atom. The van der Waals surface area contributed by atoms with Crippen molar-refractivity contribution in [2.45, 2.75) is 12.5 Å². The number of esters is 1. The zero-order chi connectivity index (χ0) is 12.4. The Morgan fingerprint density at radius 2 is 2.24 bits per heavy atom. The van der Waals surface area contributed by atoms with Crippen molar-refractivity contribution in [1.29, 1.82) is 0 Å². The minimum absolute atomic E-state index is 0.198. The van der Waals surface area contributed by atoms with E-state index in [1.165, 1.54) is 20.3 Å². The standard InChI is InChI=1S/C12H14FNO3/c1-16-11-4-3-8(7-9(11)13)14-6-5-10(14)12(15)17-2/h3-4,7,10H,5-6H2,1-2H3. The Balaban J connectivity index is 2.18. The van der Waals surface area contributed by atoms with Crippen LogP contribution in [0.1, 0.15) is 6.42 Å². The molecule has 1 aliphatic heterocycles. The van der Waals surface area contributed by atoms with Gasteiger partial charge in [-0.15, -0.1) is 0 Å². The van der Waals surface area contributed by atoms with Crippen molar-refractivity contribution in [3.63, 3.8) is 0 Å². The summed E-state index contributed by atoms with van der Waals surface area (Å²) in [5.41, 5.74) is 0.671. The summed E-state index contributed by atoms with van der Waals surface area (Å²) in [7, 11) is 2.77. The maximum Gasteiger partial charge on any atom is 0.328 e. The number of carbonyl (C=O) groups excluding carboxylic acids is 1. The fourth-order valence-electron chi connectivity index (χ4n) is 1.91. The number of carbonyl (C=O) groups is 1. The van der Waals surface area contributed by atoms with E-state index in [9.17, 15) is 9.18 Å². The van der Waals surface area contributed by atoms with Gasteiger partial charge in [0.1, 0.15) is 6.04 Å². The quantitative estimate of drug-likeness (QED) is 0.751. The number of hydrogen-bond donors (Lipinski definition) is 0. The van der Waals surface area contributed by atoms with Gasteiger partial charge in [-0.25, -0.2) is 9.18 Å².